The van der Waals surface area contributed by atoms with E-state index < -0.39 is 0 Å². The second kappa shape index (κ2) is 13.1. The minimum Gasteiger partial charge on any atom is -0.383 e. The fraction of sp³-hybridized carbons (Fsp3) is 0.0222. The van der Waals surface area contributed by atoms with E-state index in [-0.39, 0.29) is 0 Å². The summed E-state index contributed by atoms with van der Waals surface area (Å²) in [6, 6.07) is 52.8. The fourth-order valence-electron chi connectivity index (χ4n) is 6.97. The molecule has 0 atom stereocenters. The number of fused-ring (bicyclic) bond motifs is 5. The molecule has 0 bridgehead atoms. The minimum absolute atomic E-state index is 0.661. The Labute approximate surface area is 292 Å². The van der Waals surface area contributed by atoms with E-state index in [4.69, 9.17) is 5.73 Å². The quantitative estimate of drug-likeness (QED) is 0.153. The predicted octanol–water partition coefficient (Wildman–Crippen LogP) is 11.8. The molecule has 3 N–H and O–H groups in total. The lowest BCUT2D eigenvalue weighted by molar-refractivity contribution is 1.14. The fourth-order valence-corrected chi connectivity index (χ4v) is 6.97. The summed E-state index contributed by atoms with van der Waals surface area (Å²) in [5.41, 5.74) is 17.4. The van der Waals surface area contributed by atoms with Crippen LogP contribution in [0, 0.1) is 0 Å². The lowest BCUT2D eigenvalue weighted by atomic mass is 10.1. The molecular formula is C45H37N5. The van der Waals surface area contributed by atoms with Crippen molar-refractivity contribution in [3.63, 3.8) is 0 Å². The number of nitrogens with zero attached hydrogens (tertiary/aromatic N) is 3. The van der Waals surface area contributed by atoms with Gasteiger partial charge in [-0.1, -0.05) is 91.5 Å². The van der Waals surface area contributed by atoms with Crippen molar-refractivity contribution in [3.05, 3.63) is 188 Å². The Morgan fingerprint density at radius 2 is 1.26 bits per heavy atom. The van der Waals surface area contributed by atoms with Gasteiger partial charge in [0, 0.05) is 50.3 Å². The van der Waals surface area contributed by atoms with Gasteiger partial charge in [-0.25, -0.2) is 0 Å². The average molecular weight is 648 g/mol. The summed E-state index contributed by atoms with van der Waals surface area (Å²) >= 11 is 0. The number of rotatable bonds is 9. The number of hydrogen-bond acceptors (Lipinski definition) is 3. The largest absolute Gasteiger partial charge is 0.383 e. The van der Waals surface area contributed by atoms with Crippen molar-refractivity contribution < 1.29 is 0 Å². The number of benzene rings is 6. The number of para-hydroxylation sites is 4. The Hall–Kier alpha value is -6.72. The number of hydrogen-bond donors (Lipinski definition) is 2. The van der Waals surface area contributed by atoms with E-state index in [1.54, 1.807) is 0 Å². The summed E-state index contributed by atoms with van der Waals surface area (Å²) in [5, 5.41) is 7.01. The first-order valence-corrected chi connectivity index (χ1v) is 16.8. The molecule has 0 saturated heterocycles. The third-order valence-corrected chi connectivity index (χ3v) is 9.17. The molecule has 0 saturated carbocycles. The monoisotopic (exact) mass is 647 g/mol. The molecule has 0 spiro atoms. The molecule has 242 valence electrons. The van der Waals surface area contributed by atoms with E-state index >= 15 is 0 Å². The standard InChI is InChI=1S/C45H37N5/c1-3-5-19-33(4-2)48(34-20-11-7-12-21-34)36-26-28-37(29-27-36)49-40-25-16-15-24-38(40)42-41(49)31-30-39-43(47-32-17-9-6-10-18-32)45(46)50(44(39)42)35-22-13-8-14-23-35/h3-31,47H,2,46H2,1H3/b5-3-,33-19+. The van der Waals surface area contributed by atoms with Gasteiger partial charge >= 0.3 is 0 Å². The van der Waals surface area contributed by atoms with E-state index in [0.29, 0.717) is 5.82 Å². The van der Waals surface area contributed by atoms with E-state index in [0.717, 1.165) is 72.5 Å². The number of nitrogen functional groups attached to an aromatic ring is 1. The van der Waals surface area contributed by atoms with E-state index in [1.807, 2.05) is 55.5 Å². The zero-order valence-corrected chi connectivity index (χ0v) is 27.9. The predicted molar refractivity (Wildman–Crippen MR) is 213 cm³/mol. The van der Waals surface area contributed by atoms with Gasteiger partial charge < -0.3 is 20.5 Å². The Balaban J connectivity index is 1.35. The zero-order valence-electron chi connectivity index (χ0n) is 27.9. The number of allylic oxidation sites excluding steroid dienone is 4. The summed E-state index contributed by atoms with van der Waals surface area (Å²) in [5.74, 6) is 0.661. The van der Waals surface area contributed by atoms with Gasteiger partial charge in [0.05, 0.1) is 22.2 Å². The molecule has 0 fully saturated rings. The van der Waals surface area contributed by atoms with E-state index in [9.17, 15) is 0 Å². The van der Waals surface area contributed by atoms with Gasteiger partial charge in [-0.3, -0.25) is 4.57 Å². The number of aromatic nitrogens is 2. The van der Waals surface area contributed by atoms with Gasteiger partial charge in [-0.2, -0.15) is 0 Å². The van der Waals surface area contributed by atoms with Crippen molar-refractivity contribution in [1.82, 2.24) is 9.13 Å². The maximum atomic E-state index is 7.08. The lowest BCUT2D eigenvalue weighted by Crippen LogP contribution is -2.15. The van der Waals surface area contributed by atoms with E-state index in [2.05, 4.69) is 153 Å². The van der Waals surface area contributed by atoms with Gasteiger partial charge in [0.25, 0.3) is 0 Å². The molecule has 2 heterocycles. The smallest absolute Gasteiger partial charge is 0.133 e. The van der Waals surface area contributed by atoms with Crippen molar-refractivity contribution in [2.24, 2.45) is 0 Å². The first-order valence-electron chi connectivity index (χ1n) is 16.8. The van der Waals surface area contributed by atoms with Gasteiger partial charge in [0.2, 0.25) is 0 Å². The molecule has 0 amide bonds. The summed E-state index contributed by atoms with van der Waals surface area (Å²) in [7, 11) is 0. The molecule has 6 aromatic carbocycles. The summed E-state index contributed by atoms with van der Waals surface area (Å²) in [6.07, 6.45) is 8.05. The van der Waals surface area contributed by atoms with Gasteiger partial charge in [0.1, 0.15) is 5.82 Å². The molecule has 0 radical (unpaired) electrons. The first-order chi connectivity index (χ1) is 24.7. The Morgan fingerprint density at radius 3 is 1.96 bits per heavy atom. The number of nitrogens with two attached hydrogens (primary N) is 1. The SMILES string of the molecule is C=C/C(=C\C=C/C)N(c1ccccc1)c1ccc(-n2c3ccccc3c3c4c(ccc32)c(Nc2ccccc2)c(N)n4-c2ccccc2)cc1. The number of nitrogens with one attached hydrogen (secondary N) is 1. The van der Waals surface area contributed by atoms with Crippen LogP contribution < -0.4 is 16.0 Å². The highest BCUT2D eigenvalue weighted by Crippen LogP contribution is 2.45. The van der Waals surface area contributed by atoms with Crippen LogP contribution in [0.1, 0.15) is 6.92 Å². The van der Waals surface area contributed by atoms with Crippen LogP contribution in [-0.2, 0) is 0 Å². The first kappa shape index (κ1) is 30.6. The molecule has 0 aliphatic carbocycles. The van der Waals surface area contributed by atoms with Crippen LogP contribution >= 0.6 is 0 Å². The highest BCUT2D eigenvalue weighted by atomic mass is 15.1. The summed E-state index contributed by atoms with van der Waals surface area (Å²) < 4.78 is 4.54. The molecule has 2 aromatic heterocycles. The van der Waals surface area contributed by atoms with Crippen molar-refractivity contribution in [1.29, 1.82) is 0 Å². The topological polar surface area (TPSA) is 51.1 Å². The van der Waals surface area contributed by atoms with Crippen LogP contribution in [0.15, 0.2) is 188 Å². The van der Waals surface area contributed by atoms with Crippen molar-refractivity contribution in [3.8, 4) is 11.4 Å². The molecule has 5 heteroatoms. The normalized spacial score (nSPS) is 11.9. The molecule has 50 heavy (non-hydrogen) atoms. The van der Waals surface area contributed by atoms with Crippen molar-refractivity contribution in [2.45, 2.75) is 6.92 Å². The van der Waals surface area contributed by atoms with Crippen LogP contribution in [0.5, 0.6) is 0 Å². The molecule has 0 unspecified atom stereocenters. The Kier molecular flexibility index (Phi) is 7.99. The van der Waals surface area contributed by atoms with Crippen LogP contribution in [-0.4, -0.2) is 9.13 Å². The molecule has 0 aliphatic rings. The maximum Gasteiger partial charge on any atom is 0.133 e. The minimum atomic E-state index is 0.661. The van der Waals surface area contributed by atoms with E-state index in [1.165, 1.54) is 0 Å². The summed E-state index contributed by atoms with van der Waals surface area (Å²) in [4.78, 5) is 2.23. The second-order valence-electron chi connectivity index (χ2n) is 12.1. The van der Waals surface area contributed by atoms with Crippen LogP contribution in [0.3, 0.4) is 0 Å². The molecule has 0 aliphatic heterocycles. The zero-order chi connectivity index (χ0) is 34.0. The van der Waals surface area contributed by atoms with Crippen LogP contribution in [0.4, 0.5) is 28.6 Å². The third-order valence-electron chi connectivity index (χ3n) is 9.17. The van der Waals surface area contributed by atoms with Gasteiger partial charge in [-0.05, 0) is 97.9 Å². The van der Waals surface area contributed by atoms with Gasteiger partial charge in [-0.15, -0.1) is 0 Å². The van der Waals surface area contributed by atoms with Crippen LogP contribution in [0.25, 0.3) is 44.1 Å². The van der Waals surface area contributed by atoms with Crippen molar-refractivity contribution >= 4 is 61.3 Å². The molecule has 5 nitrogen and oxygen atoms in total. The highest BCUT2D eigenvalue weighted by molar-refractivity contribution is 6.24. The highest BCUT2D eigenvalue weighted by Gasteiger charge is 2.23. The van der Waals surface area contributed by atoms with Crippen molar-refractivity contribution in [2.75, 3.05) is 16.0 Å². The third kappa shape index (κ3) is 5.22. The average Bonchev–Trinajstić information content (AvgIpc) is 3.65. The van der Waals surface area contributed by atoms with Crippen LogP contribution in [0.2, 0.25) is 0 Å². The molecule has 8 rings (SSSR count). The second-order valence-corrected chi connectivity index (χ2v) is 12.1. The number of anilines is 5. The molecule has 8 aromatic rings. The lowest BCUT2D eigenvalue weighted by Gasteiger charge is -2.26. The summed E-state index contributed by atoms with van der Waals surface area (Å²) in [6.45, 7) is 6.15. The van der Waals surface area contributed by atoms with Gasteiger partial charge in [0.15, 0.2) is 0 Å². The molecular weight excluding hydrogens is 611 g/mol. The maximum absolute atomic E-state index is 7.08. The Bertz CT molecular complexity index is 2520. The Morgan fingerprint density at radius 1 is 0.640 bits per heavy atom.